The summed E-state index contributed by atoms with van der Waals surface area (Å²) in [5.41, 5.74) is 0. The average molecular weight is 1170 g/mol. The van der Waals surface area contributed by atoms with Gasteiger partial charge in [-0.3, -0.25) is 48.2 Å². The molecule has 0 aromatic carbocycles. The Morgan fingerprint density at radius 1 is 0.293 bits per heavy atom. The highest BCUT2D eigenvalue weighted by atomic mass is 16.6. The van der Waals surface area contributed by atoms with E-state index < -0.39 is 48.7 Å². The molecule has 1 aliphatic rings. The van der Waals surface area contributed by atoms with E-state index in [4.69, 9.17) is 28.4 Å². The SMILES string of the molecule is CCCCCCCCCCOC(=O)CCN(CCOC(=O)CC1NC(=O)C(CC(=O)OCCN(CCC(=O)OCCCCCCCCCC)CCC(=O)OCCCCCCCCCC)NC1=O)CCC(=O)OCCCCCCCCCC. The molecule has 0 bridgehead atoms. The second-order valence-electron chi connectivity index (χ2n) is 22.4. The van der Waals surface area contributed by atoms with E-state index in [0.29, 0.717) is 26.4 Å². The monoisotopic (exact) mass is 1160 g/mol. The molecule has 2 atom stereocenters. The molecule has 1 rings (SSSR count). The Morgan fingerprint density at radius 3 is 0.732 bits per heavy atom. The Morgan fingerprint density at radius 2 is 0.500 bits per heavy atom. The van der Waals surface area contributed by atoms with Gasteiger partial charge in [0, 0.05) is 39.3 Å². The number of hydrogen-bond donors (Lipinski definition) is 2. The molecule has 82 heavy (non-hydrogen) atoms. The van der Waals surface area contributed by atoms with Crippen molar-refractivity contribution in [2.75, 3.05) is 78.9 Å². The van der Waals surface area contributed by atoms with Crippen LogP contribution in [0, 0.1) is 0 Å². The molecule has 0 saturated carbocycles. The molecule has 2 unspecified atom stereocenters. The first-order valence-electron chi connectivity index (χ1n) is 32.9. The maximum Gasteiger partial charge on any atom is 0.308 e. The predicted octanol–water partition coefficient (Wildman–Crippen LogP) is 11.7. The molecule has 476 valence electrons. The number of nitrogens with zero attached hydrogens (tertiary/aromatic N) is 2. The van der Waals surface area contributed by atoms with Gasteiger partial charge in [0.25, 0.3) is 0 Å². The summed E-state index contributed by atoms with van der Waals surface area (Å²) in [4.78, 5) is 107. The van der Waals surface area contributed by atoms with E-state index in [9.17, 15) is 38.4 Å². The zero-order valence-corrected chi connectivity index (χ0v) is 52.1. The third-order valence-corrected chi connectivity index (χ3v) is 14.9. The summed E-state index contributed by atoms with van der Waals surface area (Å²) in [5.74, 6) is -4.19. The first-order valence-corrected chi connectivity index (χ1v) is 32.9. The van der Waals surface area contributed by atoms with Gasteiger partial charge in [-0.2, -0.15) is 0 Å². The van der Waals surface area contributed by atoms with Crippen molar-refractivity contribution in [1.82, 2.24) is 20.4 Å². The van der Waals surface area contributed by atoms with Crippen molar-refractivity contribution in [2.24, 2.45) is 0 Å². The highest BCUT2D eigenvalue weighted by molar-refractivity contribution is 6.00. The molecule has 0 aromatic rings. The van der Waals surface area contributed by atoms with Crippen LogP contribution in [0.5, 0.6) is 0 Å². The molecule has 0 spiro atoms. The number of unbranched alkanes of at least 4 members (excludes halogenated alkanes) is 28. The summed E-state index contributed by atoms with van der Waals surface area (Å²) in [6, 6.07) is -2.47. The first kappa shape index (κ1) is 75.7. The predicted molar refractivity (Wildman–Crippen MR) is 321 cm³/mol. The molecule has 2 amide bonds. The van der Waals surface area contributed by atoms with Crippen molar-refractivity contribution < 1.29 is 66.8 Å². The average Bonchev–Trinajstić information content (AvgIpc) is 3.60. The van der Waals surface area contributed by atoms with E-state index in [1.165, 1.54) is 128 Å². The minimum absolute atomic E-state index is 0.0920. The van der Waals surface area contributed by atoms with Gasteiger partial charge in [0.1, 0.15) is 25.3 Å². The van der Waals surface area contributed by atoms with Crippen LogP contribution in [0.3, 0.4) is 0 Å². The normalized spacial score (nSPS) is 14.1. The zero-order chi connectivity index (χ0) is 59.9. The maximum atomic E-state index is 13.1. The molecular formula is C64H116N4O14. The van der Waals surface area contributed by atoms with Gasteiger partial charge in [0.15, 0.2) is 0 Å². The molecule has 0 radical (unpaired) electrons. The lowest BCUT2D eigenvalue weighted by atomic mass is 10.1. The highest BCUT2D eigenvalue weighted by Crippen LogP contribution is 2.14. The molecule has 2 N–H and O–H groups in total. The van der Waals surface area contributed by atoms with Crippen LogP contribution in [0.4, 0.5) is 0 Å². The standard InChI is InChI=1S/C64H116N4O14/c1-5-9-13-17-21-25-29-33-47-77-57(69)37-41-67(42-38-58(70)78-48-34-30-26-22-18-14-10-6-2)45-51-81-61(73)53-55-63(75)66-56(64(76)65-55)54-62(74)82-52-46-68(43-39-59(71)79-49-35-31-27-23-19-15-11-7-3)44-40-60(72)80-50-36-32-28-24-20-16-12-8-4/h55-56H,5-54H2,1-4H3,(H,65,76)(H,66,75). The van der Waals surface area contributed by atoms with Crippen LogP contribution in [0.15, 0.2) is 0 Å². The van der Waals surface area contributed by atoms with Crippen molar-refractivity contribution in [3.05, 3.63) is 0 Å². The molecule has 1 saturated heterocycles. The topological polar surface area (TPSA) is 222 Å². The Labute approximate surface area is 495 Å². The second-order valence-corrected chi connectivity index (χ2v) is 22.4. The summed E-state index contributed by atoms with van der Waals surface area (Å²) in [5, 5.41) is 5.04. The molecule has 0 aliphatic carbocycles. The molecule has 18 nitrogen and oxygen atoms in total. The molecule has 1 fully saturated rings. The Hall–Kier alpha value is -4.32. The van der Waals surface area contributed by atoms with Gasteiger partial charge < -0.3 is 39.1 Å². The van der Waals surface area contributed by atoms with E-state index in [-0.39, 0.29) is 102 Å². The van der Waals surface area contributed by atoms with Crippen molar-refractivity contribution >= 4 is 47.6 Å². The number of nitrogens with one attached hydrogen (secondary N) is 2. The number of rotatable bonds is 58. The van der Waals surface area contributed by atoms with Gasteiger partial charge in [-0.1, -0.05) is 207 Å². The lowest BCUT2D eigenvalue weighted by molar-refractivity contribution is -0.151. The first-order chi connectivity index (χ1) is 39.9. The van der Waals surface area contributed by atoms with Gasteiger partial charge in [-0.15, -0.1) is 0 Å². The van der Waals surface area contributed by atoms with Crippen LogP contribution in [-0.4, -0.2) is 148 Å². The molecule has 1 heterocycles. The van der Waals surface area contributed by atoms with E-state index in [0.717, 1.165) is 77.0 Å². The number of ether oxygens (including phenoxy) is 6. The van der Waals surface area contributed by atoms with E-state index in [1.54, 1.807) is 0 Å². The third-order valence-electron chi connectivity index (χ3n) is 14.9. The van der Waals surface area contributed by atoms with Gasteiger partial charge in [-0.05, 0) is 25.7 Å². The Balaban J connectivity index is 2.65. The number of carbonyl (C=O) groups excluding carboxylic acids is 8. The van der Waals surface area contributed by atoms with Crippen LogP contribution < -0.4 is 10.6 Å². The zero-order valence-electron chi connectivity index (χ0n) is 52.1. The van der Waals surface area contributed by atoms with Crippen molar-refractivity contribution in [3.8, 4) is 0 Å². The quantitative estimate of drug-likeness (QED) is 0.0328. The Kier molecular flexibility index (Phi) is 50.4. The second kappa shape index (κ2) is 54.6. The van der Waals surface area contributed by atoms with Crippen LogP contribution in [-0.2, 0) is 66.8 Å². The lowest BCUT2D eigenvalue weighted by Crippen LogP contribution is -2.62. The van der Waals surface area contributed by atoms with Crippen LogP contribution in [0.2, 0.25) is 0 Å². The summed E-state index contributed by atoms with van der Waals surface area (Å²) >= 11 is 0. The maximum absolute atomic E-state index is 13.1. The smallest absolute Gasteiger partial charge is 0.308 e. The number of esters is 6. The number of hydrogen-bond acceptors (Lipinski definition) is 16. The number of amides is 2. The van der Waals surface area contributed by atoms with E-state index in [2.05, 4.69) is 38.3 Å². The highest BCUT2D eigenvalue weighted by Gasteiger charge is 2.36. The fraction of sp³-hybridized carbons (Fsp3) is 0.875. The summed E-state index contributed by atoms with van der Waals surface area (Å²) in [6.07, 6.45) is 35.7. The van der Waals surface area contributed by atoms with E-state index in [1.807, 2.05) is 9.80 Å². The summed E-state index contributed by atoms with van der Waals surface area (Å²) < 4.78 is 32.9. The van der Waals surface area contributed by atoms with Gasteiger partial charge >= 0.3 is 35.8 Å². The van der Waals surface area contributed by atoms with Crippen molar-refractivity contribution in [2.45, 2.75) is 284 Å². The lowest BCUT2D eigenvalue weighted by Gasteiger charge is -2.29. The third kappa shape index (κ3) is 46.1. The van der Waals surface area contributed by atoms with Gasteiger partial charge in [0.2, 0.25) is 11.8 Å². The molecule has 1 aliphatic heterocycles. The molecular weight excluding hydrogens is 1050 g/mol. The van der Waals surface area contributed by atoms with Crippen molar-refractivity contribution in [1.29, 1.82) is 0 Å². The van der Waals surface area contributed by atoms with Gasteiger partial charge in [0.05, 0.1) is 65.0 Å². The summed E-state index contributed by atoms with van der Waals surface area (Å²) in [6.45, 7) is 11.5. The molecule has 0 aromatic heterocycles. The number of piperazine rings is 1. The molecule has 18 heteroatoms. The van der Waals surface area contributed by atoms with Crippen LogP contribution in [0.1, 0.15) is 272 Å². The minimum atomic E-state index is -1.23. The van der Waals surface area contributed by atoms with Crippen molar-refractivity contribution in [3.63, 3.8) is 0 Å². The fourth-order valence-electron chi connectivity index (χ4n) is 9.64. The number of carbonyl (C=O) groups is 8. The Bertz CT molecular complexity index is 1470. The van der Waals surface area contributed by atoms with Crippen LogP contribution in [0.25, 0.3) is 0 Å². The fourth-order valence-corrected chi connectivity index (χ4v) is 9.64. The summed E-state index contributed by atoms with van der Waals surface area (Å²) in [7, 11) is 0. The largest absolute Gasteiger partial charge is 0.466 e. The minimum Gasteiger partial charge on any atom is -0.466 e. The van der Waals surface area contributed by atoms with Gasteiger partial charge in [-0.25, -0.2) is 0 Å². The van der Waals surface area contributed by atoms with E-state index >= 15 is 0 Å². The van der Waals surface area contributed by atoms with Crippen LogP contribution >= 0.6 is 0 Å².